The summed E-state index contributed by atoms with van der Waals surface area (Å²) < 4.78 is 54.8. The molecule has 0 aromatic rings. The van der Waals surface area contributed by atoms with Crippen LogP contribution in [0, 0.1) is 0 Å². The molecule has 0 saturated heterocycles. The van der Waals surface area contributed by atoms with E-state index in [1.165, 1.54) is 0 Å². The first-order valence-electron chi connectivity index (χ1n) is 3.24. The van der Waals surface area contributed by atoms with Gasteiger partial charge < -0.3 is 0 Å². The zero-order chi connectivity index (χ0) is 11.8. The molecule has 0 aromatic carbocycles. The van der Waals surface area contributed by atoms with E-state index < -0.39 is 20.2 Å². The van der Waals surface area contributed by atoms with Crippen molar-refractivity contribution in [1.82, 2.24) is 0 Å². The van der Waals surface area contributed by atoms with Crippen LogP contribution in [0.25, 0.3) is 0 Å². The van der Waals surface area contributed by atoms with Crippen LogP contribution in [0.5, 0.6) is 0 Å². The molecule has 0 radical (unpaired) electrons. The van der Waals surface area contributed by atoms with E-state index in [2.05, 4.69) is 25.3 Å². The van der Waals surface area contributed by atoms with Crippen molar-refractivity contribution in [1.29, 1.82) is 0 Å². The first kappa shape index (κ1) is 21.8. The second-order valence-electron chi connectivity index (χ2n) is 2.02. The Bertz CT molecular complexity index is 287. The van der Waals surface area contributed by atoms with Crippen molar-refractivity contribution in [2.45, 2.75) is 0 Å². The van der Waals surface area contributed by atoms with Gasteiger partial charge in [-0.2, -0.15) is 42.1 Å². The zero-order valence-electron chi connectivity index (χ0n) is 7.07. The van der Waals surface area contributed by atoms with Crippen LogP contribution < -0.4 is 0 Å². The Kier molecular flexibility index (Phi) is 15.5. The molecular weight excluding hydrogens is 295 g/mol. The van der Waals surface area contributed by atoms with Crippen molar-refractivity contribution in [3.8, 4) is 0 Å². The topological polar surface area (TPSA) is 109 Å². The van der Waals surface area contributed by atoms with Crippen molar-refractivity contribution in [2.75, 3.05) is 23.0 Å². The van der Waals surface area contributed by atoms with Crippen molar-refractivity contribution in [3.63, 3.8) is 0 Å². The van der Waals surface area contributed by atoms with Crippen molar-refractivity contribution in [2.24, 2.45) is 0 Å². The fraction of sp³-hybridized carbons (Fsp3) is 1.00. The second kappa shape index (κ2) is 10.7. The van der Waals surface area contributed by atoms with E-state index in [0.717, 1.165) is 0 Å². The SMILES string of the molecule is O=S(=O)(O)CCS.O=S(=O)(O)CCS.[NaH]. The van der Waals surface area contributed by atoms with E-state index in [-0.39, 0.29) is 52.6 Å². The first-order valence-corrected chi connectivity index (χ1v) is 7.72. The van der Waals surface area contributed by atoms with Crippen LogP contribution in [-0.2, 0) is 20.2 Å². The average Bonchev–Trinajstić information content (AvgIpc) is 1.81. The van der Waals surface area contributed by atoms with Gasteiger partial charge in [-0.1, -0.05) is 0 Å². The molecule has 0 aliphatic carbocycles. The van der Waals surface area contributed by atoms with Gasteiger partial charge in [-0.05, 0) is 0 Å². The van der Waals surface area contributed by atoms with Crippen LogP contribution in [0.4, 0.5) is 0 Å². The van der Waals surface area contributed by atoms with Gasteiger partial charge in [-0.25, -0.2) is 0 Å². The fourth-order valence-corrected chi connectivity index (χ4v) is 2.08. The minimum atomic E-state index is -3.75. The third-order valence-corrected chi connectivity index (χ3v) is 3.19. The second-order valence-corrected chi connectivity index (χ2v) is 6.06. The number of rotatable bonds is 4. The third kappa shape index (κ3) is 31.3. The normalized spacial score (nSPS) is 10.9. The molecule has 0 saturated carbocycles. The molecule has 2 N–H and O–H groups in total. The van der Waals surface area contributed by atoms with Crippen molar-refractivity contribution in [3.05, 3.63) is 0 Å². The molecular formula is C4H13NaO6S4. The Labute approximate surface area is 123 Å². The number of hydrogen-bond acceptors (Lipinski definition) is 6. The molecule has 11 heteroatoms. The van der Waals surface area contributed by atoms with Crippen molar-refractivity contribution >= 4 is 75.1 Å². The molecule has 0 aromatic heterocycles. The van der Waals surface area contributed by atoms with E-state index in [9.17, 15) is 16.8 Å². The zero-order valence-corrected chi connectivity index (χ0v) is 10.5. The van der Waals surface area contributed by atoms with Gasteiger partial charge in [-0.15, -0.1) is 0 Å². The molecule has 0 aliphatic heterocycles. The summed E-state index contributed by atoms with van der Waals surface area (Å²) in [6, 6.07) is 0. The molecule has 0 amide bonds. The van der Waals surface area contributed by atoms with Crippen LogP contribution in [0.1, 0.15) is 0 Å². The maximum atomic E-state index is 9.74. The van der Waals surface area contributed by atoms with E-state index >= 15 is 0 Å². The Hall–Kier alpha value is 1.52. The van der Waals surface area contributed by atoms with Gasteiger partial charge in [0, 0.05) is 11.5 Å². The average molecular weight is 308 g/mol. The summed E-state index contributed by atoms with van der Waals surface area (Å²) in [4.78, 5) is 0. The van der Waals surface area contributed by atoms with E-state index in [1.807, 2.05) is 0 Å². The number of thiol groups is 2. The van der Waals surface area contributed by atoms with Crippen LogP contribution >= 0.6 is 25.3 Å². The first-order chi connectivity index (χ1) is 6.12. The summed E-state index contributed by atoms with van der Waals surface area (Å²) in [7, 11) is -7.50. The maximum absolute atomic E-state index is 9.74. The molecule has 6 nitrogen and oxygen atoms in total. The molecule has 0 aliphatic rings. The molecule has 0 unspecified atom stereocenters. The van der Waals surface area contributed by atoms with Crippen LogP contribution in [-0.4, -0.2) is 78.5 Å². The summed E-state index contributed by atoms with van der Waals surface area (Å²) in [6.07, 6.45) is 0. The molecule has 90 valence electrons. The molecule has 0 rings (SSSR count). The summed E-state index contributed by atoms with van der Waals surface area (Å²) in [5.41, 5.74) is 0. The van der Waals surface area contributed by atoms with Crippen molar-refractivity contribution < 1.29 is 25.9 Å². The molecule has 0 atom stereocenters. The van der Waals surface area contributed by atoms with Crippen LogP contribution in [0.15, 0.2) is 0 Å². The van der Waals surface area contributed by atoms with Gasteiger partial charge in [0.05, 0.1) is 11.5 Å². The monoisotopic (exact) mass is 308 g/mol. The van der Waals surface area contributed by atoms with Crippen LogP contribution in [0.3, 0.4) is 0 Å². The Morgan fingerprint density at radius 1 is 0.800 bits per heavy atom. The molecule has 0 fully saturated rings. The van der Waals surface area contributed by atoms with Gasteiger partial charge in [0.1, 0.15) is 0 Å². The van der Waals surface area contributed by atoms with E-state index in [4.69, 9.17) is 9.11 Å². The van der Waals surface area contributed by atoms with Gasteiger partial charge >= 0.3 is 29.6 Å². The quantitative estimate of drug-likeness (QED) is 0.300. The molecule has 0 spiro atoms. The predicted octanol–water partition coefficient (Wildman–Crippen LogP) is -1.04. The van der Waals surface area contributed by atoms with Gasteiger partial charge in [0.2, 0.25) is 0 Å². The Balaban J connectivity index is -0.000000180. The summed E-state index contributed by atoms with van der Waals surface area (Å²) in [5, 5.41) is 0. The standard InChI is InChI=1S/2C2H6O3S2.Na.H/c2*3-7(4,5)2-1-6;;/h2*6H,1-2H2,(H,3,4,5);;. The molecule has 0 heterocycles. The van der Waals surface area contributed by atoms with E-state index in [1.54, 1.807) is 0 Å². The predicted molar refractivity (Wildman–Crippen MR) is 67.7 cm³/mol. The summed E-state index contributed by atoms with van der Waals surface area (Å²) >= 11 is 7.15. The molecule has 0 bridgehead atoms. The summed E-state index contributed by atoms with van der Waals surface area (Å²) in [5.74, 6) is -0.204. The number of hydrogen-bond donors (Lipinski definition) is 4. The van der Waals surface area contributed by atoms with Gasteiger partial charge in [-0.3, -0.25) is 9.11 Å². The third-order valence-electron chi connectivity index (χ3n) is 0.698. The van der Waals surface area contributed by atoms with E-state index in [0.29, 0.717) is 0 Å². The molecule has 15 heavy (non-hydrogen) atoms. The Morgan fingerprint density at radius 3 is 1.00 bits per heavy atom. The summed E-state index contributed by atoms with van der Waals surface area (Å²) in [6.45, 7) is 0. The van der Waals surface area contributed by atoms with Gasteiger partial charge in [0.25, 0.3) is 20.2 Å². The Morgan fingerprint density at radius 2 is 1.00 bits per heavy atom. The minimum absolute atomic E-state index is 0. The van der Waals surface area contributed by atoms with Crippen LogP contribution in [0.2, 0.25) is 0 Å². The van der Waals surface area contributed by atoms with Gasteiger partial charge in [0.15, 0.2) is 0 Å². The fourth-order valence-electron chi connectivity index (χ4n) is 0.231.